The Kier molecular flexibility index (Phi) is 7.11. The van der Waals surface area contributed by atoms with E-state index in [2.05, 4.69) is 205 Å². The standard InChI is InChI=1S/C52H33NS/c1-2-10-35(11-3-1)43-13-6-8-16-48(43)53(42-28-30-46-40(33-42)25-31-50-52(46)47-15-7-9-17-49(47)54-50)41-26-22-34(23-27-41)38-24-29-45-39(32-38)21-20-37-19-18-36-12-4-5-14-44(36)51(37)45/h1-33H. The predicted octanol–water partition coefficient (Wildman–Crippen LogP) is 15.5. The second-order valence-corrected chi connectivity index (χ2v) is 15.2. The van der Waals surface area contributed by atoms with Gasteiger partial charge < -0.3 is 4.90 Å². The molecule has 1 nitrogen and oxygen atoms in total. The van der Waals surface area contributed by atoms with Crippen molar-refractivity contribution in [3.05, 3.63) is 200 Å². The summed E-state index contributed by atoms with van der Waals surface area (Å²) in [6.07, 6.45) is 0. The number of rotatable bonds is 5. The molecule has 11 rings (SSSR count). The summed E-state index contributed by atoms with van der Waals surface area (Å²) in [5, 5.41) is 12.9. The molecule has 0 aliphatic carbocycles. The van der Waals surface area contributed by atoms with Gasteiger partial charge in [0, 0.05) is 37.1 Å². The second kappa shape index (κ2) is 12.4. The van der Waals surface area contributed by atoms with E-state index in [9.17, 15) is 0 Å². The molecule has 252 valence electrons. The molecule has 0 aliphatic rings. The summed E-state index contributed by atoms with van der Waals surface area (Å²) in [5.41, 5.74) is 8.17. The molecule has 0 amide bonds. The SMILES string of the molecule is c1ccc(-c2ccccc2N(c2ccc(-c3ccc4c(ccc5ccc6ccccc6c54)c3)cc2)c2ccc3c(ccc4sc5ccccc5c43)c2)cc1. The maximum Gasteiger partial charge on any atom is 0.0540 e. The maximum absolute atomic E-state index is 2.42. The Morgan fingerprint density at radius 3 is 1.81 bits per heavy atom. The minimum Gasteiger partial charge on any atom is -0.310 e. The average molecular weight is 704 g/mol. The summed E-state index contributed by atoms with van der Waals surface area (Å²) >= 11 is 1.87. The van der Waals surface area contributed by atoms with Gasteiger partial charge in [0.1, 0.15) is 0 Å². The highest BCUT2D eigenvalue weighted by Gasteiger charge is 2.19. The lowest BCUT2D eigenvalue weighted by Crippen LogP contribution is -2.11. The Labute approximate surface area is 317 Å². The van der Waals surface area contributed by atoms with Crippen molar-refractivity contribution in [1.29, 1.82) is 0 Å². The number of hydrogen-bond donors (Lipinski definition) is 0. The van der Waals surface area contributed by atoms with Crippen molar-refractivity contribution in [2.45, 2.75) is 0 Å². The summed E-state index contributed by atoms with van der Waals surface area (Å²) in [5.74, 6) is 0. The molecule has 54 heavy (non-hydrogen) atoms. The molecule has 0 N–H and O–H groups in total. The summed E-state index contributed by atoms with van der Waals surface area (Å²) in [6, 6.07) is 73.5. The van der Waals surface area contributed by atoms with E-state index in [-0.39, 0.29) is 0 Å². The first-order chi connectivity index (χ1) is 26.8. The Hall–Kier alpha value is -6.74. The molecule has 0 saturated carbocycles. The number of hydrogen-bond acceptors (Lipinski definition) is 2. The minimum atomic E-state index is 1.11. The zero-order valence-corrected chi connectivity index (χ0v) is 30.2. The van der Waals surface area contributed by atoms with Crippen molar-refractivity contribution in [1.82, 2.24) is 0 Å². The smallest absolute Gasteiger partial charge is 0.0540 e. The monoisotopic (exact) mass is 703 g/mol. The first kappa shape index (κ1) is 30.8. The van der Waals surface area contributed by atoms with Crippen LogP contribution in [-0.4, -0.2) is 0 Å². The molecule has 0 saturated heterocycles. The van der Waals surface area contributed by atoms with Crippen LogP contribution < -0.4 is 4.90 Å². The first-order valence-electron chi connectivity index (χ1n) is 18.5. The fourth-order valence-electron chi connectivity index (χ4n) is 8.46. The Morgan fingerprint density at radius 2 is 0.926 bits per heavy atom. The van der Waals surface area contributed by atoms with Gasteiger partial charge in [-0.1, -0.05) is 152 Å². The third-order valence-corrected chi connectivity index (χ3v) is 12.1. The summed E-state index contributed by atoms with van der Waals surface area (Å²) in [7, 11) is 0. The third-order valence-electron chi connectivity index (χ3n) is 11.0. The molecule has 10 aromatic carbocycles. The molecular formula is C52H33NS. The minimum absolute atomic E-state index is 1.11. The fraction of sp³-hybridized carbons (Fsp3) is 0. The molecular weight excluding hydrogens is 671 g/mol. The number of anilines is 3. The van der Waals surface area contributed by atoms with Crippen molar-refractivity contribution in [2.24, 2.45) is 0 Å². The zero-order chi connectivity index (χ0) is 35.6. The summed E-state index contributed by atoms with van der Waals surface area (Å²) in [4.78, 5) is 2.42. The molecule has 0 bridgehead atoms. The Balaban J connectivity index is 1.05. The van der Waals surface area contributed by atoms with Gasteiger partial charge in [0.05, 0.1) is 5.69 Å². The van der Waals surface area contributed by atoms with E-state index in [0.717, 1.165) is 17.1 Å². The van der Waals surface area contributed by atoms with Gasteiger partial charge in [0.2, 0.25) is 0 Å². The van der Waals surface area contributed by atoms with Crippen LogP contribution >= 0.6 is 11.3 Å². The maximum atomic E-state index is 2.42. The zero-order valence-electron chi connectivity index (χ0n) is 29.4. The number of benzene rings is 10. The van der Waals surface area contributed by atoms with E-state index < -0.39 is 0 Å². The molecule has 0 unspecified atom stereocenters. The highest BCUT2D eigenvalue weighted by atomic mass is 32.1. The van der Waals surface area contributed by atoms with Gasteiger partial charge >= 0.3 is 0 Å². The van der Waals surface area contributed by atoms with Crippen LogP contribution in [0.2, 0.25) is 0 Å². The van der Waals surface area contributed by atoms with E-state index in [1.807, 2.05) is 11.3 Å². The van der Waals surface area contributed by atoms with Gasteiger partial charge in [0.15, 0.2) is 0 Å². The molecule has 0 fully saturated rings. The van der Waals surface area contributed by atoms with Gasteiger partial charge in [-0.2, -0.15) is 0 Å². The highest BCUT2D eigenvalue weighted by Crippen LogP contribution is 2.44. The van der Waals surface area contributed by atoms with E-state index in [1.165, 1.54) is 85.5 Å². The van der Waals surface area contributed by atoms with Crippen molar-refractivity contribution in [2.75, 3.05) is 4.90 Å². The molecule has 0 aliphatic heterocycles. The molecule has 11 aromatic rings. The van der Waals surface area contributed by atoms with Gasteiger partial charge in [-0.05, 0) is 108 Å². The lowest BCUT2D eigenvalue weighted by Gasteiger charge is -2.28. The third kappa shape index (κ3) is 4.99. The molecule has 0 atom stereocenters. The van der Waals surface area contributed by atoms with Crippen LogP contribution in [0.1, 0.15) is 0 Å². The summed E-state index contributed by atoms with van der Waals surface area (Å²) in [6.45, 7) is 0. The van der Waals surface area contributed by atoms with Gasteiger partial charge in [-0.25, -0.2) is 0 Å². The number of nitrogens with zero attached hydrogens (tertiary/aromatic N) is 1. The van der Waals surface area contributed by atoms with Crippen LogP contribution in [0.4, 0.5) is 17.1 Å². The average Bonchev–Trinajstić information content (AvgIpc) is 3.63. The van der Waals surface area contributed by atoms with Gasteiger partial charge in [-0.3, -0.25) is 0 Å². The molecule has 0 radical (unpaired) electrons. The van der Waals surface area contributed by atoms with E-state index in [1.54, 1.807) is 0 Å². The van der Waals surface area contributed by atoms with E-state index in [0.29, 0.717) is 0 Å². The normalized spacial score (nSPS) is 11.7. The number of para-hydroxylation sites is 1. The molecule has 2 heteroatoms. The lowest BCUT2D eigenvalue weighted by atomic mass is 9.94. The van der Waals surface area contributed by atoms with Crippen LogP contribution in [0.25, 0.3) is 85.5 Å². The van der Waals surface area contributed by atoms with Crippen molar-refractivity contribution in [3.63, 3.8) is 0 Å². The number of thiophene rings is 1. The predicted molar refractivity (Wildman–Crippen MR) is 235 cm³/mol. The van der Waals surface area contributed by atoms with Crippen LogP contribution in [0.3, 0.4) is 0 Å². The van der Waals surface area contributed by atoms with Crippen LogP contribution in [0.15, 0.2) is 200 Å². The van der Waals surface area contributed by atoms with Gasteiger partial charge in [0.25, 0.3) is 0 Å². The van der Waals surface area contributed by atoms with E-state index in [4.69, 9.17) is 0 Å². The first-order valence-corrected chi connectivity index (χ1v) is 19.3. The fourth-order valence-corrected chi connectivity index (χ4v) is 9.58. The van der Waals surface area contributed by atoms with Crippen molar-refractivity contribution >= 4 is 91.7 Å². The van der Waals surface area contributed by atoms with Gasteiger partial charge in [-0.15, -0.1) is 11.3 Å². The lowest BCUT2D eigenvalue weighted by molar-refractivity contribution is 1.29. The van der Waals surface area contributed by atoms with Crippen LogP contribution in [0.5, 0.6) is 0 Å². The van der Waals surface area contributed by atoms with E-state index >= 15 is 0 Å². The second-order valence-electron chi connectivity index (χ2n) is 14.1. The Morgan fingerprint density at radius 1 is 0.315 bits per heavy atom. The molecule has 1 heterocycles. The summed E-state index contributed by atoms with van der Waals surface area (Å²) < 4.78 is 2.66. The topological polar surface area (TPSA) is 3.24 Å². The van der Waals surface area contributed by atoms with Crippen LogP contribution in [0, 0.1) is 0 Å². The highest BCUT2D eigenvalue weighted by molar-refractivity contribution is 7.26. The quantitative estimate of drug-likeness (QED) is 0.161. The van der Waals surface area contributed by atoms with Crippen molar-refractivity contribution < 1.29 is 0 Å². The number of fused-ring (bicyclic) bond motifs is 10. The largest absolute Gasteiger partial charge is 0.310 e. The van der Waals surface area contributed by atoms with Crippen molar-refractivity contribution in [3.8, 4) is 22.3 Å². The molecule has 1 aromatic heterocycles. The Bertz CT molecular complexity index is 3210. The molecule has 0 spiro atoms. The van der Waals surface area contributed by atoms with Crippen LogP contribution in [-0.2, 0) is 0 Å².